The van der Waals surface area contributed by atoms with Crippen molar-refractivity contribution >= 4 is 16.9 Å². The number of carbonyl (C=O) groups is 1. The van der Waals surface area contributed by atoms with Gasteiger partial charge in [0.15, 0.2) is 0 Å². The van der Waals surface area contributed by atoms with Crippen LogP contribution in [0.5, 0.6) is 5.75 Å². The highest BCUT2D eigenvalue weighted by atomic mass is 16.5. The number of rotatable bonds is 6. The highest BCUT2D eigenvalue weighted by Crippen LogP contribution is 2.33. The Morgan fingerprint density at radius 1 is 1.03 bits per heavy atom. The van der Waals surface area contributed by atoms with Gasteiger partial charge in [-0.05, 0) is 67.1 Å². The van der Waals surface area contributed by atoms with Gasteiger partial charge in [-0.25, -0.2) is 9.59 Å². The molecule has 0 fully saturated rings. The molecule has 7 nitrogen and oxygen atoms in total. The van der Waals surface area contributed by atoms with E-state index in [1.165, 1.54) is 24.3 Å². The van der Waals surface area contributed by atoms with Crippen molar-refractivity contribution < 1.29 is 29.3 Å². The standard InChI is InChI=1S/C23H22O7/c24-18(12-29-14-10-8-13(9-11-14)22(26)27)21(25)17-6-3-7-19-20(17)15-4-1-2-5-16(15)23(28)30-19/h3,6-11,18,21,24-25H,1-2,4-5,12H2,(H,26,27). The zero-order valence-electron chi connectivity index (χ0n) is 16.2. The maximum Gasteiger partial charge on any atom is 0.339 e. The molecule has 0 aliphatic heterocycles. The first kappa shape index (κ1) is 20.1. The molecule has 7 heteroatoms. The minimum atomic E-state index is -1.24. The summed E-state index contributed by atoms with van der Waals surface area (Å²) < 4.78 is 11.0. The molecule has 0 amide bonds. The van der Waals surface area contributed by atoms with Crippen LogP contribution < -0.4 is 10.4 Å². The second-order valence-corrected chi connectivity index (χ2v) is 7.43. The Hall–Kier alpha value is -3.16. The first-order chi connectivity index (χ1) is 14.5. The van der Waals surface area contributed by atoms with E-state index in [0.717, 1.165) is 24.8 Å². The van der Waals surface area contributed by atoms with Crippen molar-refractivity contribution in [1.82, 2.24) is 0 Å². The molecule has 1 aliphatic carbocycles. The topological polar surface area (TPSA) is 117 Å². The van der Waals surface area contributed by atoms with Crippen LogP contribution in [0.2, 0.25) is 0 Å². The van der Waals surface area contributed by atoms with Crippen LogP contribution in [0.15, 0.2) is 51.7 Å². The lowest BCUT2D eigenvalue weighted by atomic mass is 9.87. The van der Waals surface area contributed by atoms with E-state index >= 15 is 0 Å². The Morgan fingerprint density at radius 3 is 2.43 bits per heavy atom. The minimum Gasteiger partial charge on any atom is -0.491 e. The third-order valence-electron chi connectivity index (χ3n) is 5.48. The molecule has 0 radical (unpaired) electrons. The predicted octanol–water partition coefficient (Wildman–Crippen LogP) is 2.84. The molecule has 2 atom stereocenters. The fraction of sp³-hybridized carbons (Fsp3) is 0.304. The third-order valence-corrected chi connectivity index (χ3v) is 5.48. The smallest absolute Gasteiger partial charge is 0.339 e. The molecule has 3 N–H and O–H groups in total. The predicted molar refractivity (Wildman–Crippen MR) is 109 cm³/mol. The molecular formula is C23H22O7. The molecule has 1 aromatic heterocycles. The molecule has 1 heterocycles. The lowest BCUT2D eigenvalue weighted by Gasteiger charge is -2.23. The number of fused-ring (bicyclic) bond motifs is 3. The van der Waals surface area contributed by atoms with Gasteiger partial charge in [0.05, 0.1) is 5.56 Å². The summed E-state index contributed by atoms with van der Waals surface area (Å²) in [5.41, 5.74) is 2.22. The molecule has 0 saturated carbocycles. The first-order valence-corrected chi connectivity index (χ1v) is 9.85. The van der Waals surface area contributed by atoms with Crippen molar-refractivity contribution in [2.24, 2.45) is 0 Å². The number of ether oxygens (including phenoxy) is 1. The van der Waals surface area contributed by atoms with Crippen molar-refractivity contribution in [3.63, 3.8) is 0 Å². The van der Waals surface area contributed by atoms with Crippen molar-refractivity contribution in [3.8, 4) is 5.75 Å². The molecule has 0 spiro atoms. The summed E-state index contributed by atoms with van der Waals surface area (Å²) in [7, 11) is 0. The molecule has 3 aromatic rings. The zero-order valence-corrected chi connectivity index (χ0v) is 16.2. The minimum absolute atomic E-state index is 0.130. The number of aryl methyl sites for hydroxylation is 1. The van der Waals surface area contributed by atoms with Crippen molar-refractivity contribution in [2.45, 2.75) is 37.9 Å². The average Bonchev–Trinajstić information content (AvgIpc) is 2.77. The van der Waals surface area contributed by atoms with Gasteiger partial charge in [-0.2, -0.15) is 0 Å². The molecular weight excluding hydrogens is 388 g/mol. The fourth-order valence-corrected chi connectivity index (χ4v) is 3.94. The normalized spacial score (nSPS) is 15.4. The maximum atomic E-state index is 12.3. The number of hydrogen-bond acceptors (Lipinski definition) is 6. The number of benzene rings is 2. The number of aromatic carboxylic acids is 1. The van der Waals surface area contributed by atoms with Crippen LogP contribution in [0.3, 0.4) is 0 Å². The molecule has 156 valence electrons. The van der Waals surface area contributed by atoms with Gasteiger partial charge in [0.1, 0.15) is 30.1 Å². The van der Waals surface area contributed by atoms with Crippen molar-refractivity contribution in [2.75, 3.05) is 6.61 Å². The van der Waals surface area contributed by atoms with E-state index in [1.54, 1.807) is 18.2 Å². The second-order valence-electron chi connectivity index (χ2n) is 7.43. The SMILES string of the molecule is O=C(O)c1ccc(OCC(O)C(O)c2cccc3oc(=O)c4c(c23)CCCC4)cc1. The van der Waals surface area contributed by atoms with E-state index in [1.807, 2.05) is 0 Å². The zero-order chi connectivity index (χ0) is 21.3. The summed E-state index contributed by atoms with van der Waals surface area (Å²) in [4.78, 5) is 23.2. The largest absolute Gasteiger partial charge is 0.491 e. The molecule has 4 rings (SSSR count). The van der Waals surface area contributed by atoms with Gasteiger partial charge in [-0.15, -0.1) is 0 Å². The van der Waals surface area contributed by atoms with E-state index in [4.69, 9.17) is 14.3 Å². The highest BCUT2D eigenvalue weighted by Gasteiger charge is 2.26. The van der Waals surface area contributed by atoms with Crippen LogP contribution in [0, 0.1) is 0 Å². The number of hydrogen-bond donors (Lipinski definition) is 3. The lowest BCUT2D eigenvalue weighted by Crippen LogP contribution is -2.26. The van der Waals surface area contributed by atoms with Crippen molar-refractivity contribution in [1.29, 1.82) is 0 Å². The van der Waals surface area contributed by atoms with Crippen molar-refractivity contribution in [3.05, 3.63) is 75.1 Å². The van der Waals surface area contributed by atoms with Crippen LogP contribution in [0.1, 0.15) is 46.0 Å². The Balaban J connectivity index is 1.58. The van der Waals surface area contributed by atoms with Gasteiger partial charge in [0.25, 0.3) is 0 Å². The molecule has 2 unspecified atom stereocenters. The van der Waals surface area contributed by atoms with Crippen LogP contribution in [0.4, 0.5) is 0 Å². The Morgan fingerprint density at radius 2 is 1.73 bits per heavy atom. The van der Waals surface area contributed by atoms with Gasteiger partial charge in [0.2, 0.25) is 0 Å². The van der Waals surface area contributed by atoms with Crippen LogP contribution in [0.25, 0.3) is 11.0 Å². The summed E-state index contributed by atoms with van der Waals surface area (Å²) in [6, 6.07) is 10.9. The van der Waals surface area contributed by atoms with E-state index in [2.05, 4.69) is 0 Å². The van der Waals surface area contributed by atoms with Gasteiger partial charge in [-0.1, -0.05) is 12.1 Å². The van der Waals surface area contributed by atoms with E-state index in [9.17, 15) is 19.8 Å². The molecule has 0 bridgehead atoms. The quantitative estimate of drug-likeness (QED) is 0.535. The molecule has 0 saturated heterocycles. The highest BCUT2D eigenvalue weighted by molar-refractivity contribution is 5.87. The Bertz CT molecular complexity index is 1130. The summed E-state index contributed by atoms with van der Waals surface area (Å²) >= 11 is 0. The van der Waals surface area contributed by atoms with E-state index < -0.39 is 18.2 Å². The first-order valence-electron chi connectivity index (χ1n) is 9.85. The Labute approximate surface area is 172 Å². The van der Waals surface area contributed by atoms with E-state index in [0.29, 0.717) is 34.3 Å². The van der Waals surface area contributed by atoms with Gasteiger partial charge >= 0.3 is 11.6 Å². The van der Waals surface area contributed by atoms with E-state index in [-0.39, 0.29) is 17.8 Å². The number of aliphatic hydroxyl groups excluding tert-OH is 2. The summed E-state index contributed by atoms with van der Waals surface area (Å²) in [5, 5.41) is 31.0. The molecule has 30 heavy (non-hydrogen) atoms. The number of carboxylic acid groups (broad SMARTS) is 1. The summed E-state index contributed by atoms with van der Waals surface area (Å²) in [5.74, 6) is -0.657. The average molecular weight is 410 g/mol. The van der Waals surface area contributed by atoms with Crippen LogP contribution in [-0.2, 0) is 12.8 Å². The van der Waals surface area contributed by atoms with Crippen LogP contribution in [-0.4, -0.2) is 34.0 Å². The van der Waals surface area contributed by atoms with Crippen LogP contribution >= 0.6 is 0 Å². The Kier molecular flexibility index (Phi) is 5.57. The van der Waals surface area contributed by atoms with Gasteiger partial charge < -0.3 is 24.5 Å². The van der Waals surface area contributed by atoms with Gasteiger partial charge in [0, 0.05) is 10.9 Å². The third kappa shape index (κ3) is 3.81. The summed E-state index contributed by atoms with van der Waals surface area (Å²) in [6.07, 6.45) is 0.769. The lowest BCUT2D eigenvalue weighted by molar-refractivity contribution is -0.00833. The monoisotopic (exact) mass is 410 g/mol. The maximum absolute atomic E-state index is 12.3. The number of carboxylic acids is 1. The van der Waals surface area contributed by atoms with Gasteiger partial charge in [-0.3, -0.25) is 0 Å². The number of aliphatic hydroxyl groups is 2. The second kappa shape index (κ2) is 8.30. The molecule has 1 aliphatic rings. The fourth-order valence-electron chi connectivity index (χ4n) is 3.94. The summed E-state index contributed by atoms with van der Waals surface area (Å²) in [6.45, 7) is -0.192. The molecule has 2 aromatic carbocycles.